The molecule has 0 aliphatic carbocycles. The second kappa shape index (κ2) is 8.89. The molecule has 0 aromatic heterocycles. The summed E-state index contributed by atoms with van der Waals surface area (Å²) in [5, 5.41) is 2.19. The van der Waals surface area contributed by atoms with Gasteiger partial charge in [0, 0.05) is 31.6 Å². The minimum Gasteiger partial charge on any atom is -0.410 e. The Bertz CT molecular complexity index is 1230. The van der Waals surface area contributed by atoms with Gasteiger partial charge in [-0.15, -0.1) is 13.2 Å². The zero-order valence-corrected chi connectivity index (χ0v) is 18.0. The van der Waals surface area contributed by atoms with E-state index < -0.39 is 53.5 Å². The predicted octanol–water partition coefficient (Wildman–Crippen LogP) is 3.12. The van der Waals surface area contributed by atoms with Crippen molar-refractivity contribution in [3.8, 4) is 11.5 Å². The number of carbonyl (C=O) groups excluding carboxylic acids is 4. The number of anilines is 1. The maximum absolute atomic E-state index is 14.2. The molecule has 1 fully saturated rings. The Hall–Kier alpha value is -4.16. The third-order valence-corrected chi connectivity index (χ3v) is 5.49. The molecule has 13 heteroatoms. The van der Waals surface area contributed by atoms with E-state index in [0.717, 1.165) is 13.1 Å². The summed E-state index contributed by atoms with van der Waals surface area (Å²) >= 11 is 0. The predicted molar refractivity (Wildman–Crippen MR) is 110 cm³/mol. The number of nitrogens with one attached hydrogen (secondary N) is 1. The monoisotopic (exact) mass is 495 g/mol. The molecule has 0 bridgehead atoms. The van der Waals surface area contributed by atoms with E-state index in [0.29, 0.717) is 22.6 Å². The number of amides is 4. The van der Waals surface area contributed by atoms with Gasteiger partial charge in [-0.05, 0) is 36.2 Å². The van der Waals surface area contributed by atoms with Gasteiger partial charge in [-0.3, -0.25) is 24.6 Å². The van der Waals surface area contributed by atoms with E-state index in [1.807, 2.05) is 0 Å². The highest BCUT2D eigenvalue weighted by atomic mass is 19.4. The van der Waals surface area contributed by atoms with Gasteiger partial charge in [0.05, 0.1) is 5.69 Å². The van der Waals surface area contributed by atoms with Crippen LogP contribution < -0.4 is 19.7 Å². The van der Waals surface area contributed by atoms with Gasteiger partial charge in [0.1, 0.15) is 23.4 Å². The smallest absolute Gasteiger partial charge is 0.410 e. The maximum atomic E-state index is 14.2. The van der Waals surface area contributed by atoms with Crippen molar-refractivity contribution in [2.24, 2.45) is 0 Å². The number of halogens is 4. The zero-order valence-electron chi connectivity index (χ0n) is 18.0. The van der Waals surface area contributed by atoms with Gasteiger partial charge in [0.2, 0.25) is 11.8 Å². The highest BCUT2D eigenvalue weighted by molar-refractivity contribution is 6.05. The summed E-state index contributed by atoms with van der Waals surface area (Å²) in [6.07, 6.45) is -5.87. The van der Waals surface area contributed by atoms with Crippen LogP contribution in [0.3, 0.4) is 0 Å². The van der Waals surface area contributed by atoms with E-state index in [4.69, 9.17) is 4.74 Å². The van der Waals surface area contributed by atoms with Crippen LogP contribution in [0.15, 0.2) is 36.4 Å². The molecular weight excluding hydrogens is 478 g/mol. The van der Waals surface area contributed by atoms with Gasteiger partial charge in [0.25, 0.3) is 5.91 Å². The summed E-state index contributed by atoms with van der Waals surface area (Å²) in [5.74, 6) is -3.30. The molecule has 0 spiro atoms. The van der Waals surface area contributed by atoms with Gasteiger partial charge >= 0.3 is 12.5 Å². The second-order valence-corrected chi connectivity index (χ2v) is 7.81. The Kier molecular flexibility index (Phi) is 6.09. The van der Waals surface area contributed by atoms with Gasteiger partial charge in [-0.1, -0.05) is 6.07 Å². The lowest BCUT2D eigenvalue weighted by atomic mass is 10.0. The van der Waals surface area contributed by atoms with Crippen LogP contribution in [0.2, 0.25) is 0 Å². The average Bonchev–Trinajstić information content (AvgIpc) is 3.09. The first-order valence-electron chi connectivity index (χ1n) is 10.2. The molecular formula is C22H17F4N3O6. The molecule has 35 heavy (non-hydrogen) atoms. The highest BCUT2D eigenvalue weighted by Gasteiger charge is 2.39. The number of piperidine rings is 1. The van der Waals surface area contributed by atoms with E-state index in [9.17, 15) is 36.7 Å². The number of benzene rings is 2. The molecule has 1 N–H and O–H groups in total. The summed E-state index contributed by atoms with van der Waals surface area (Å²) in [6.45, 7) is 0.117. The number of hydrogen-bond donors (Lipinski definition) is 1. The van der Waals surface area contributed by atoms with Crippen molar-refractivity contribution in [1.82, 2.24) is 10.2 Å². The second-order valence-electron chi connectivity index (χ2n) is 7.81. The largest absolute Gasteiger partial charge is 0.573 e. The molecule has 4 amide bonds. The molecule has 2 heterocycles. The third kappa shape index (κ3) is 5.03. The highest BCUT2D eigenvalue weighted by Crippen LogP contribution is 2.32. The maximum Gasteiger partial charge on any atom is 0.573 e. The molecule has 2 aliphatic heterocycles. The molecule has 0 saturated carbocycles. The van der Waals surface area contributed by atoms with Crippen molar-refractivity contribution in [2.75, 3.05) is 11.9 Å². The molecule has 0 radical (unpaired) electrons. The average molecular weight is 495 g/mol. The number of hydrogen-bond acceptors (Lipinski definition) is 6. The lowest BCUT2D eigenvalue weighted by Crippen LogP contribution is -2.52. The van der Waals surface area contributed by atoms with E-state index >= 15 is 0 Å². The first-order valence-corrected chi connectivity index (χ1v) is 10.2. The lowest BCUT2D eigenvalue weighted by molar-refractivity contribution is -0.274. The molecule has 9 nitrogen and oxygen atoms in total. The van der Waals surface area contributed by atoms with Gasteiger partial charge in [0.15, 0.2) is 0 Å². The van der Waals surface area contributed by atoms with Crippen molar-refractivity contribution in [2.45, 2.75) is 31.8 Å². The number of nitrogens with zero attached hydrogens (tertiary/aromatic N) is 2. The van der Waals surface area contributed by atoms with Crippen molar-refractivity contribution in [3.05, 3.63) is 53.3 Å². The van der Waals surface area contributed by atoms with Crippen LogP contribution in [0.25, 0.3) is 0 Å². The molecule has 2 aliphatic rings. The Morgan fingerprint density at radius 1 is 1.11 bits per heavy atom. The minimum atomic E-state index is -5.01. The molecule has 4 rings (SSSR count). The van der Waals surface area contributed by atoms with E-state index in [1.54, 1.807) is 0 Å². The summed E-state index contributed by atoms with van der Waals surface area (Å²) in [7, 11) is 1.08. The van der Waals surface area contributed by atoms with E-state index in [-0.39, 0.29) is 30.7 Å². The first kappa shape index (κ1) is 24.0. The van der Waals surface area contributed by atoms with Crippen LogP contribution in [-0.4, -0.2) is 48.2 Å². The van der Waals surface area contributed by atoms with Crippen LogP contribution in [0.4, 0.5) is 28.0 Å². The fourth-order valence-corrected chi connectivity index (χ4v) is 3.81. The van der Waals surface area contributed by atoms with Gasteiger partial charge in [-0.2, -0.15) is 0 Å². The van der Waals surface area contributed by atoms with Gasteiger partial charge < -0.3 is 14.4 Å². The van der Waals surface area contributed by atoms with Crippen molar-refractivity contribution in [3.63, 3.8) is 0 Å². The zero-order chi connectivity index (χ0) is 25.5. The quantitative estimate of drug-likeness (QED) is 0.516. The Morgan fingerprint density at radius 3 is 2.51 bits per heavy atom. The number of ether oxygens (including phenoxy) is 2. The number of alkyl halides is 3. The SMILES string of the molecule is CN(C(=O)Oc1ccc2c(c1)C(=O)N(C1CCC(=O)NC1=O)C2)c1cc(OC(F)(F)F)ccc1F. The summed E-state index contributed by atoms with van der Waals surface area (Å²) in [5.41, 5.74) is 0.211. The molecule has 1 saturated heterocycles. The Labute approximate surface area is 195 Å². The van der Waals surface area contributed by atoms with Crippen molar-refractivity contribution >= 4 is 29.5 Å². The fraction of sp³-hybridized carbons (Fsp3) is 0.273. The minimum absolute atomic E-state index is 0.0813. The standard InChI is InChI=1S/C22H17F4N3O6/c1-28(17-9-13(4-5-15(17)23)35-22(24,25)26)21(33)34-12-3-2-11-10-29(20(32)14(11)8-12)16-6-7-18(30)27-19(16)31/h2-5,8-9,16H,6-7,10H2,1H3,(H,27,30,31). The summed E-state index contributed by atoms with van der Waals surface area (Å²) in [4.78, 5) is 50.9. The van der Waals surface area contributed by atoms with Crippen LogP contribution in [0.1, 0.15) is 28.8 Å². The van der Waals surface area contributed by atoms with Crippen LogP contribution >= 0.6 is 0 Å². The van der Waals surface area contributed by atoms with Crippen LogP contribution in [0, 0.1) is 5.82 Å². The summed E-state index contributed by atoms with van der Waals surface area (Å²) < 4.78 is 60.5. The molecule has 2 aromatic rings. The van der Waals surface area contributed by atoms with Crippen molar-refractivity contribution < 1.29 is 46.2 Å². The molecule has 2 aromatic carbocycles. The third-order valence-electron chi connectivity index (χ3n) is 5.49. The number of fused-ring (bicyclic) bond motifs is 1. The lowest BCUT2D eigenvalue weighted by Gasteiger charge is -2.29. The van der Waals surface area contributed by atoms with Crippen LogP contribution in [-0.2, 0) is 16.1 Å². The number of imide groups is 1. The molecule has 184 valence electrons. The Morgan fingerprint density at radius 2 is 1.83 bits per heavy atom. The van der Waals surface area contributed by atoms with Crippen LogP contribution in [0.5, 0.6) is 11.5 Å². The normalized spacial score (nSPS) is 17.7. The Balaban J connectivity index is 1.48. The van der Waals surface area contributed by atoms with Crippen molar-refractivity contribution in [1.29, 1.82) is 0 Å². The first-order chi connectivity index (χ1) is 16.4. The van der Waals surface area contributed by atoms with E-state index in [1.165, 1.54) is 23.1 Å². The number of rotatable bonds is 4. The topological polar surface area (TPSA) is 105 Å². The number of carbonyl (C=O) groups is 4. The summed E-state index contributed by atoms with van der Waals surface area (Å²) in [6, 6.07) is 5.50. The van der Waals surface area contributed by atoms with Gasteiger partial charge in [-0.25, -0.2) is 9.18 Å². The van der Waals surface area contributed by atoms with E-state index in [2.05, 4.69) is 10.1 Å². The molecule has 1 unspecified atom stereocenters. The fourth-order valence-electron chi connectivity index (χ4n) is 3.81. The molecule has 1 atom stereocenters.